The van der Waals surface area contributed by atoms with Crippen LogP contribution in [0.5, 0.6) is 0 Å². The molecule has 0 aliphatic rings. The molecule has 1 aromatic carbocycles. The second kappa shape index (κ2) is 5.19. The fourth-order valence-corrected chi connectivity index (χ4v) is 1.71. The highest BCUT2D eigenvalue weighted by Crippen LogP contribution is 2.15. The quantitative estimate of drug-likeness (QED) is 0.544. The van der Waals surface area contributed by atoms with E-state index in [1.54, 1.807) is 18.2 Å². The van der Waals surface area contributed by atoms with E-state index in [2.05, 4.69) is 0 Å². The van der Waals surface area contributed by atoms with Crippen molar-refractivity contribution >= 4 is 30.1 Å². The lowest BCUT2D eigenvalue weighted by atomic mass is 9.80. The van der Waals surface area contributed by atoms with Crippen molar-refractivity contribution in [1.82, 2.24) is 0 Å². The van der Waals surface area contributed by atoms with Gasteiger partial charge in [-0.1, -0.05) is 12.1 Å². The van der Waals surface area contributed by atoms with Crippen LogP contribution in [0.3, 0.4) is 0 Å². The van der Waals surface area contributed by atoms with Gasteiger partial charge < -0.3 is 10.0 Å². The minimum Gasteiger partial charge on any atom is -0.423 e. The molecule has 0 fully saturated rings. The van der Waals surface area contributed by atoms with Gasteiger partial charge in [0.2, 0.25) is 0 Å². The largest absolute Gasteiger partial charge is 0.488 e. The number of rotatable bonds is 4. The third kappa shape index (κ3) is 3.53. The van der Waals surface area contributed by atoms with Crippen molar-refractivity contribution in [2.45, 2.75) is 11.8 Å². The number of carbonyl (C=O) groups excluding carboxylic acids is 1. The number of benzene rings is 1. The highest BCUT2D eigenvalue weighted by Gasteiger charge is 2.10. The first kappa shape index (κ1) is 11.3. The van der Waals surface area contributed by atoms with Crippen LogP contribution in [-0.4, -0.2) is 28.7 Å². The molecule has 14 heavy (non-hydrogen) atoms. The average Bonchev–Trinajstić information content (AvgIpc) is 2.15. The summed E-state index contributed by atoms with van der Waals surface area (Å²) in [5, 5.41) is 17.8. The zero-order valence-electron chi connectivity index (χ0n) is 7.80. The van der Waals surface area contributed by atoms with Crippen LogP contribution >= 0.6 is 11.8 Å². The Hall–Kier alpha value is -0.775. The molecule has 5 heteroatoms. The molecule has 0 aliphatic heterocycles. The number of hydrogen-bond donors (Lipinski definition) is 2. The monoisotopic (exact) mass is 210 g/mol. The summed E-state index contributed by atoms with van der Waals surface area (Å²) in [6.45, 7) is 1.53. The van der Waals surface area contributed by atoms with Gasteiger partial charge in [-0.05, 0) is 24.5 Å². The van der Waals surface area contributed by atoms with Crippen molar-refractivity contribution in [3.63, 3.8) is 0 Å². The van der Waals surface area contributed by atoms with Crippen molar-refractivity contribution in [2.24, 2.45) is 0 Å². The van der Waals surface area contributed by atoms with Crippen molar-refractivity contribution in [1.29, 1.82) is 0 Å². The van der Waals surface area contributed by atoms with E-state index in [-0.39, 0.29) is 5.78 Å². The second-order valence-corrected chi connectivity index (χ2v) is 3.99. The molecule has 0 saturated carbocycles. The Morgan fingerprint density at radius 3 is 2.79 bits per heavy atom. The lowest BCUT2D eigenvalue weighted by Crippen LogP contribution is -2.29. The molecule has 2 N–H and O–H groups in total. The zero-order valence-corrected chi connectivity index (χ0v) is 8.62. The van der Waals surface area contributed by atoms with E-state index in [1.165, 1.54) is 18.7 Å². The SMILES string of the molecule is CC(=O)CSc1cccc(B(O)O)c1. The lowest BCUT2D eigenvalue weighted by Gasteiger charge is -2.02. The summed E-state index contributed by atoms with van der Waals surface area (Å²) in [5.74, 6) is 0.510. The minimum absolute atomic E-state index is 0.102. The number of hydrogen-bond acceptors (Lipinski definition) is 4. The van der Waals surface area contributed by atoms with Gasteiger partial charge in [-0.25, -0.2) is 0 Å². The van der Waals surface area contributed by atoms with Gasteiger partial charge in [0.15, 0.2) is 0 Å². The molecular formula is C9H11BO3S. The van der Waals surface area contributed by atoms with E-state index in [1.807, 2.05) is 6.07 Å². The molecule has 0 aliphatic carbocycles. The molecule has 0 aromatic heterocycles. The van der Waals surface area contributed by atoms with Crippen LogP contribution in [0.2, 0.25) is 0 Å². The van der Waals surface area contributed by atoms with Crippen LogP contribution in [0.4, 0.5) is 0 Å². The fraction of sp³-hybridized carbons (Fsp3) is 0.222. The van der Waals surface area contributed by atoms with Gasteiger partial charge in [0.25, 0.3) is 0 Å². The van der Waals surface area contributed by atoms with Gasteiger partial charge in [-0.2, -0.15) is 0 Å². The van der Waals surface area contributed by atoms with Gasteiger partial charge >= 0.3 is 7.12 Å². The molecule has 0 radical (unpaired) electrons. The van der Waals surface area contributed by atoms with Crippen molar-refractivity contribution in [2.75, 3.05) is 5.75 Å². The number of carbonyl (C=O) groups is 1. The molecule has 74 valence electrons. The van der Waals surface area contributed by atoms with Crippen LogP contribution in [0, 0.1) is 0 Å². The Labute approximate surface area is 87.3 Å². The number of Topliss-reactive ketones (excluding diaryl/α,β-unsaturated/α-hetero) is 1. The topological polar surface area (TPSA) is 57.5 Å². The smallest absolute Gasteiger partial charge is 0.423 e. The lowest BCUT2D eigenvalue weighted by molar-refractivity contribution is -0.114. The molecule has 0 spiro atoms. The zero-order chi connectivity index (χ0) is 10.6. The van der Waals surface area contributed by atoms with Crippen LogP contribution in [0.1, 0.15) is 6.92 Å². The first-order valence-electron chi connectivity index (χ1n) is 4.18. The van der Waals surface area contributed by atoms with Crippen molar-refractivity contribution in [3.8, 4) is 0 Å². The van der Waals surface area contributed by atoms with Gasteiger partial charge in [-0.3, -0.25) is 4.79 Å². The third-order valence-electron chi connectivity index (χ3n) is 1.60. The molecule has 3 nitrogen and oxygen atoms in total. The van der Waals surface area contributed by atoms with Gasteiger partial charge in [0.1, 0.15) is 5.78 Å². The summed E-state index contributed by atoms with van der Waals surface area (Å²) >= 11 is 1.39. The van der Waals surface area contributed by atoms with Crippen LogP contribution in [0.15, 0.2) is 29.2 Å². The summed E-state index contributed by atoms with van der Waals surface area (Å²) < 4.78 is 0. The Bertz CT molecular complexity index is 328. The van der Waals surface area contributed by atoms with E-state index in [4.69, 9.17) is 10.0 Å². The molecule has 0 heterocycles. The Balaban J connectivity index is 2.68. The second-order valence-electron chi connectivity index (χ2n) is 2.94. The predicted molar refractivity (Wildman–Crippen MR) is 57.7 cm³/mol. The molecule has 0 unspecified atom stereocenters. The summed E-state index contributed by atoms with van der Waals surface area (Å²) in [7, 11) is -1.45. The Morgan fingerprint density at radius 2 is 2.21 bits per heavy atom. The fourth-order valence-electron chi connectivity index (χ4n) is 0.950. The van der Waals surface area contributed by atoms with E-state index >= 15 is 0 Å². The van der Waals surface area contributed by atoms with E-state index in [0.29, 0.717) is 11.2 Å². The summed E-state index contributed by atoms with van der Waals surface area (Å²) in [5.41, 5.74) is 0.443. The van der Waals surface area contributed by atoms with Gasteiger partial charge in [-0.15, -0.1) is 11.8 Å². The van der Waals surface area contributed by atoms with Crippen LogP contribution < -0.4 is 5.46 Å². The first-order valence-corrected chi connectivity index (χ1v) is 5.16. The van der Waals surface area contributed by atoms with E-state index in [0.717, 1.165) is 4.90 Å². The maximum absolute atomic E-state index is 10.7. The van der Waals surface area contributed by atoms with Crippen LogP contribution in [0.25, 0.3) is 0 Å². The van der Waals surface area contributed by atoms with E-state index in [9.17, 15) is 4.79 Å². The molecule has 1 aromatic rings. The number of ketones is 1. The van der Waals surface area contributed by atoms with Gasteiger partial charge in [0, 0.05) is 4.90 Å². The summed E-state index contributed by atoms with van der Waals surface area (Å²) in [6.07, 6.45) is 0. The highest BCUT2D eigenvalue weighted by atomic mass is 32.2. The number of thioether (sulfide) groups is 1. The maximum Gasteiger partial charge on any atom is 0.488 e. The van der Waals surface area contributed by atoms with Gasteiger partial charge in [0.05, 0.1) is 5.75 Å². The van der Waals surface area contributed by atoms with Crippen molar-refractivity contribution in [3.05, 3.63) is 24.3 Å². The Morgan fingerprint density at radius 1 is 1.50 bits per heavy atom. The van der Waals surface area contributed by atoms with E-state index < -0.39 is 7.12 Å². The molecule has 0 amide bonds. The molecule has 0 atom stereocenters. The molecule has 0 saturated heterocycles. The maximum atomic E-state index is 10.7. The summed E-state index contributed by atoms with van der Waals surface area (Å²) in [6, 6.07) is 6.86. The van der Waals surface area contributed by atoms with Crippen LogP contribution in [-0.2, 0) is 4.79 Å². The standard InChI is InChI=1S/C9H11BO3S/c1-7(11)6-14-9-4-2-3-8(5-9)10(12)13/h2-5,12-13H,6H2,1H3. The highest BCUT2D eigenvalue weighted by molar-refractivity contribution is 8.00. The average molecular weight is 210 g/mol. The minimum atomic E-state index is -1.45. The molecule has 0 bridgehead atoms. The van der Waals surface area contributed by atoms with Crippen molar-refractivity contribution < 1.29 is 14.8 Å². The molecular weight excluding hydrogens is 199 g/mol. The Kier molecular flexibility index (Phi) is 4.19. The molecule has 1 rings (SSSR count). The normalized spacial score (nSPS) is 9.93. The summed E-state index contributed by atoms with van der Waals surface area (Å²) in [4.78, 5) is 11.6. The first-order chi connectivity index (χ1) is 6.59. The third-order valence-corrected chi connectivity index (χ3v) is 2.74. The predicted octanol–water partition coefficient (Wildman–Crippen LogP) is 0.0475.